The first-order chi connectivity index (χ1) is 12.1. The van der Waals surface area contributed by atoms with Gasteiger partial charge in [-0.3, -0.25) is 4.99 Å². The lowest BCUT2D eigenvalue weighted by Crippen LogP contribution is -2.37. The average Bonchev–Trinajstić information content (AvgIpc) is 2.61. The predicted octanol–water partition coefficient (Wildman–Crippen LogP) is 3.21. The Kier molecular flexibility index (Phi) is 14.0. The van der Waals surface area contributed by atoms with Crippen LogP contribution >= 0.6 is 24.0 Å². The second-order valence-electron chi connectivity index (χ2n) is 6.09. The Morgan fingerprint density at radius 1 is 1.19 bits per heavy atom. The van der Waals surface area contributed by atoms with E-state index in [0.29, 0.717) is 24.6 Å². The molecule has 0 amide bonds. The number of hydrogen-bond donors (Lipinski definition) is 2. The highest BCUT2D eigenvalue weighted by molar-refractivity contribution is 14.0. The van der Waals surface area contributed by atoms with Crippen molar-refractivity contribution >= 4 is 35.9 Å². The zero-order valence-corrected chi connectivity index (χ0v) is 18.5. The van der Waals surface area contributed by atoms with Crippen molar-refractivity contribution in [3.63, 3.8) is 0 Å². The van der Waals surface area contributed by atoms with Crippen LogP contribution in [-0.2, 0) is 16.0 Å². The van der Waals surface area contributed by atoms with Crippen molar-refractivity contribution in [1.82, 2.24) is 10.6 Å². The Bertz CT molecular complexity index is 533. The van der Waals surface area contributed by atoms with Crippen molar-refractivity contribution < 1.29 is 14.3 Å². The van der Waals surface area contributed by atoms with Gasteiger partial charge in [0.25, 0.3) is 0 Å². The van der Waals surface area contributed by atoms with Crippen LogP contribution in [0.25, 0.3) is 0 Å². The molecule has 7 heteroatoms. The molecule has 0 heterocycles. The van der Waals surface area contributed by atoms with Crippen LogP contribution in [0.4, 0.5) is 0 Å². The number of aliphatic imine (C=N–C) groups is 1. The van der Waals surface area contributed by atoms with Crippen molar-refractivity contribution in [2.24, 2.45) is 10.9 Å². The number of nitrogens with one attached hydrogen (secondary N) is 2. The van der Waals surface area contributed by atoms with E-state index in [-0.39, 0.29) is 29.9 Å². The van der Waals surface area contributed by atoms with Crippen LogP contribution in [0, 0.1) is 5.92 Å². The lowest BCUT2D eigenvalue weighted by atomic mass is 10.1. The molecule has 0 aromatic heterocycles. The van der Waals surface area contributed by atoms with Crippen LogP contribution in [0.1, 0.15) is 43.1 Å². The summed E-state index contributed by atoms with van der Waals surface area (Å²) >= 11 is 0. The van der Waals surface area contributed by atoms with Gasteiger partial charge in [-0.25, -0.2) is 4.79 Å². The number of ether oxygens (including phenoxy) is 2. The summed E-state index contributed by atoms with van der Waals surface area (Å²) in [4.78, 5) is 15.8. The maximum Gasteiger partial charge on any atom is 0.338 e. The number of esters is 1. The summed E-state index contributed by atoms with van der Waals surface area (Å²) in [5, 5.41) is 6.51. The second-order valence-corrected chi connectivity index (χ2v) is 6.09. The highest BCUT2D eigenvalue weighted by atomic mass is 127. The zero-order valence-electron chi connectivity index (χ0n) is 16.2. The fourth-order valence-corrected chi connectivity index (χ4v) is 2.08. The van der Waals surface area contributed by atoms with Gasteiger partial charge in [-0.2, -0.15) is 0 Å². The molecule has 0 saturated heterocycles. The van der Waals surface area contributed by atoms with Crippen molar-refractivity contribution in [3.8, 4) is 0 Å². The van der Waals surface area contributed by atoms with E-state index in [1.807, 2.05) is 12.1 Å². The van der Waals surface area contributed by atoms with Gasteiger partial charge in [-0.15, -0.1) is 24.0 Å². The fourth-order valence-electron chi connectivity index (χ4n) is 2.08. The van der Waals surface area contributed by atoms with Crippen molar-refractivity contribution in [3.05, 3.63) is 35.4 Å². The van der Waals surface area contributed by atoms with E-state index in [0.717, 1.165) is 37.7 Å². The van der Waals surface area contributed by atoms with Crippen molar-refractivity contribution in [2.45, 2.75) is 33.7 Å². The van der Waals surface area contributed by atoms with Gasteiger partial charge < -0.3 is 20.1 Å². The molecule has 1 aromatic carbocycles. The molecule has 0 aliphatic carbocycles. The number of guanidine groups is 1. The fraction of sp³-hybridized carbons (Fsp3) is 0.579. The maximum absolute atomic E-state index is 11.6. The molecule has 0 atom stereocenters. The lowest BCUT2D eigenvalue weighted by molar-refractivity contribution is 0.0526. The van der Waals surface area contributed by atoms with Gasteiger partial charge in [0, 0.05) is 33.4 Å². The Labute approximate surface area is 174 Å². The summed E-state index contributed by atoms with van der Waals surface area (Å²) in [6, 6.07) is 7.37. The topological polar surface area (TPSA) is 72.0 Å². The van der Waals surface area contributed by atoms with E-state index in [2.05, 4.69) is 29.5 Å². The van der Waals surface area contributed by atoms with Gasteiger partial charge in [0.2, 0.25) is 0 Å². The number of rotatable bonds is 10. The first-order valence-corrected chi connectivity index (χ1v) is 8.85. The minimum Gasteiger partial charge on any atom is -0.462 e. The number of hydrogen-bond acceptors (Lipinski definition) is 4. The quantitative estimate of drug-likeness (QED) is 0.178. The Morgan fingerprint density at radius 2 is 1.88 bits per heavy atom. The summed E-state index contributed by atoms with van der Waals surface area (Å²) in [5.74, 6) is 1.02. The third-order valence-electron chi connectivity index (χ3n) is 3.36. The van der Waals surface area contributed by atoms with E-state index in [4.69, 9.17) is 9.47 Å². The highest BCUT2D eigenvalue weighted by Crippen LogP contribution is 2.06. The number of halogens is 1. The summed E-state index contributed by atoms with van der Waals surface area (Å²) in [7, 11) is 1.74. The molecular formula is C19H32IN3O3. The van der Waals surface area contributed by atoms with Crippen LogP contribution in [0.15, 0.2) is 29.3 Å². The van der Waals surface area contributed by atoms with Crippen LogP contribution in [0.3, 0.4) is 0 Å². The molecule has 1 aromatic rings. The molecule has 0 spiro atoms. The van der Waals surface area contributed by atoms with E-state index in [1.54, 1.807) is 26.1 Å². The van der Waals surface area contributed by atoms with Gasteiger partial charge in [0.05, 0.1) is 12.2 Å². The third-order valence-corrected chi connectivity index (χ3v) is 3.36. The van der Waals surface area contributed by atoms with Crippen LogP contribution < -0.4 is 10.6 Å². The number of nitrogens with zero attached hydrogens (tertiary/aromatic N) is 1. The van der Waals surface area contributed by atoms with E-state index < -0.39 is 0 Å². The van der Waals surface area contributed by atoms with Crippen molar-refractivity contribution in [1.29, 1.82) is 0 Å². The molecule has 0 saturated carbocycles. The maximum atomic E-state index is 11.6. The van der Waals surface area contributed by atoms with Gasteiger partial charge >= 0.3 is 5.97 Å². The summed E-state index contributed by atoms with van der Waals surface area (Å²) in [5.41, 5.74) is 1.63. The van der Waals surface area contributed by atoms with Crippen LogP contribution in [-0.4, -0.2) is 45.3 Å². The molecule has 1 rings (SSSR count). The molecule has 148 valence electrons. The van der Waals surface area contributed by atoms with Crippen molar-refractivity contribution in [2.75, 3.05) is 33.4 Å². The first-order valence-electron chi connectivity index (χ1n) is 8.85. The molecule has 0 radical (unpaired) electrons. The minimum absolute atomic E-state index is 0. The Balaban J connectivity index is 0.00000625. The average molecular weight is 477 g/mol. The molecular weight excluding hydrogens is 445 g/mol. The number of carbonyl (C=O) groups is 1. The SMILES string of the molecule is CCOC(=O)c1ccc(CNC(=NC)NCCCOCC(C)C)cc1.I. The molecule has 2 N–H and O–H groups in total. The third kappa shape index (κ3) is 10.6. The molecule has 0 aliphatic rings. The van der Waals surface area contributed by atoms with E-state index in [1.165, 1.54) is 0 Å². The smallest absolute Gasteiger partial charge is 0.338 e. The standard InChI is InChI=1S/C19H31N3O3.HI/c1-5-25-18(23)17-9-7-16(8-10-17)13-22-19(20-4)21-11-6-12-24-14-15(2)3;/h7-10,15H,5-6,11-14H2,1-4H3,(H2,20,21,22);1H. The predicted molar refractivity (Wildman–Crippen MR) is 116 cm³/mol. The van der Waals surface area contributed by atoms with E-state index in [9.17, 15) is 4.79 Å². The molecule has 0 aliphatic heterocycles. The molecule has 0 bridgehead atoms. The molecule has 6 nitrogen and oxygen atoms in total. The number of carbonyl (C=O) groups excluding carboxylic acids is 1. The molecule has 26 heavy (non-hydrogen) atoms. The van der Waals surface area contributed by atoms with Gasteiger partial charge in [-0.05, 0) is 37.0 Å². The Hall–Kier alpha value is -1.35. The van der Waals surface area contributed by atoms with Gasteiger partial charge in [-0.1, -0.05) is 26.0 Å². The molecule has 0 unspecified atom stereocenters. The van der Waals surface area contributed by atoms with E-state index >= 15 is 0 Å². The zero-order chi connectivity index (χ0) is 18.5. The highest BCUT2D eigenvalue weighted by Gasteiger charge is 2.05. The van der Waals surface area contributed by atoms with Crippen LogP contribution in [0.2, 0.25) is 0 Å². The lowest BCUT2D eigenvalue weighted by Gasteiger charge is -2.12. The monoisotopic (exact) mass is 477 g/mol. The summed E-state index contributed by atoms with van der Waals surface area (Å²) < 4.78 is 10.5. The molecule has 0 fully saturated rings. The largest absolute Gasteiger partial charge is 0.462 e. The first kappa shape index (κ1) is 24.7. The summed E-state index contributed by atoms with van der Waals surface area (Å²) in [6.45, 7) is 9.45. The second kappa shape index (κ2) is 14.8. The summed E-state index contributed by atoms with van der Waals surface area (Å²) in [6.07, 6.45) is 0.932. The number of benzene rings is 1. The minimum atomic E-state index is -0.292. The normalized spacial score (nSPS) is 11.0. The Morgan fingerprint density at radius 3 is 2.46 bits per heavy atom. The van der Waals surface area contributed by atoms with Crippen LogP contribution in [0.5, 0.6) is 0 Å². The van der Waals surface area contributed by atoms with Gasteiger partial charge in [0.1, 0.15) is 0 Å². The van der Waals surface area contributed by atoms with Gasteiger partial charge in [0.15, 0.2) is 5.96 Å².